The summed E-state index contributed by atoms with van der Waals surface area (Å²) in [5.41, 5.74) is 9.07. The minimum Gasteiger partial charge on any atom is -0.327 e. The summed E-state index contributed by atoms with van der Waals surface area (Å²) in [6, 6.07) is 15.0. The second kappa shape index (κ2) is 4.83. The van der Waals surface area contributed by atoms with Gasteiger partial charge in [0.1, 0.15) is 0 Å². The highest BCUT2D eigenvalue weighted by Gasteiger charge is 2.36. The summed E-state index contributed by atoms with van der Waals surface area (Å²) in [6.07, 6.45) is 1.79. The summed E-state index contributed by atoms with van der Waals surface area (Å²) in [5, 5.41) is 0. The Kier molecular flexibility index (Phi) is 3.03. The zero-order chi connectivity index (χ0) is 15.3. The molecule has 1 aliphatic carbocycles. The van der Waals surface area contributed by atoms with Crippen LogP contribution >= 0.6 is 0 Å². The molecule has 2 aromatic rings. The number of benzene rings is 2. The van der Waals surface area contributed by atoms with Crippen LogP contribution in [0.2, 0.25) is 0 Å². The zero-order valence-electron chi connectivity index (χ0n) is 12.1. The van der Waals surface area contributed by atoms with Gasteiger partial charge in [-0.15, -0.1) is 0 Å². The molecule has 0 spiro atoms. The molecule has 1 saturated carbocycles. The van der Waals surface area contributed by atoms with Crippen LogP contribution in [0.25, 0.3) is 0 Å². The normalized spacial score (nSPS) is 23.4. The molecule has 0 bridgehead atoms. The monoisotopic (exact) mass is 314 g/mol. The Morgan fingerprint density at radius 1 is 1.09 bits per heavy atom. The molecule has 114 valence electrons. The van der Waals surface area contributed by atoms with Crippen molar-refractivity contribution in [3.63, 3.8) is 0 Å². The maximum atomic E-state index is 12.8. The van der Waals surface area contributed by atoms with Gasteiger partial charge in [0, 0.05) is 18.5 Å². The van der Waals surface area contributed by atoms with Crippen molar-refractivity contribution in [1.29, 1.82) is 0 Å². The average molecular weight is 314 g/mol. The minimum atomic E-state index is -3.47. The van der Waals surface area contributed by atoms with Gasteiger partial charge >= 0.3 is 0 Å². The summed E-state index contributed by atoms with van der Waals surface area (Å²) in [4.78, 5) is 0.344. The fourth-order valence-electron chi connectivity index (χ4n) is 3.19. The van der Waals surface area contributed by atoms with E-state index in [0.717, 1.165) is 24.1 Å². The van der Waals surface area contributed by atoms with Gasteiger partial charge in [-0.25, -0.2) is 8.42 Å². The molecule has 22 heavy (non-hydrogen) atoms. The van der Waals surface area contributed by atoms with Gasteiger partial charge in [-0.3, -0.25) is 4.31 Å². The van der Waals surface area contributed by atoms with E-state index in [1.165, 1.54) is 9.87 Å². The predicted octanol–water partition coefficient (Wildman–Crippen LogP) is 2.25. The van der Waals surface area contributed by atoms with E-state index in [-0.39, 0.29) is 6.04 Å². The summed E-state index contributed by atoms with van der Waals surface area (Å²) in [7, 11) is -3.47. The number of nitrogens with zero attached hydrogens (tertiary/aromatic N) is 1. The number of nitrogens with two attached hydrogens (primary N) is 1. The number of fused-ring (bicyclic) bond motifs is 1. The van der Waals surface area contributed by atoms with Gasteiger partial charge in [0.15, 0.2) is 0 Å². The molecule has 2 aliphatic rings. The van der Waals surface area contributed by atoms with E-state index in [0.29, 0.717) is 17.4 Å². The molecule has 0 aromatic heterocycles. The molecule has 2 N–H and O–H groups in total. The van der Waals surface area contributed by atoms with Gasteiger partial charge in [-0.1, -0.05) is 30.3 Å². The van der Waals surface area contributed by atoms with Crippen molar-refractivity contribution in [2.24, 2.45) is 5.73 Å². The van der Waals surface area contributed by atoms with Crippen molar-refractivity contribution in [2.75, 3.05) is 10.8 Å². The van der Waals surface area contributed by atoms with Crippen LogP contribution in [-0.2, 0) is 16.4 Å². The van der Waals surface area contributed by atoms with Gasteiger partial charge in [0.2, 0.25) is 0 Å². The number of sulfonamides is 1. The first-order valence-corrected chi connectivity index (χ1v) is 8.97. The highest BCUT2D eigenvalue weighted by molar-refractivity contribution is 7.92. The van der Waals surface area contributed by atoms with Gasteiger partial charge < -0.3 is 5.73 Å². The third kappa shape index (κ3) is 2.12. The van der Waals surface area contributed by atoms with Gasteiger partial charge in [0.25, 0.3) is 10.0 Å². The topological polar surface area (TPSA) is 63.4 Å². The first kappa shape index (κ1) is 13.8. The highest BCUT2D eigenvalue weighted by atomic mass is 32.2. The molecule has 1 fully saturated rings. The lowest BCUT2D eigenvalue weighted by Gasteiger charge is -2.19. The summed E-state index contributed by atoms with van der Waals surface area (Å²) in [6.45, 7) is 0.507. The van der Waals surface area contributed by atoms with E-state index in [1.807, 2.05) is 18.2 Å². The molecule has 1 aliphatic heterocycles. The van der Waals surface area contributed by atoms with Crippen LogP contribution in [0, 0.1) is 0 Å². The van der Waals surface area contributed by atoms with Crippen molar-refractivity contribution < 1.29 is 8.42 Å². The Morgan fingerprint density at radius 2 is 1.82 bits per heavy atom. The van der Waals surface area contributed by atoms with Crippen molar-refractivity contribution in [3.05, 3.63) is 59.7 Å². The van der Waals surface area contributed by atoms with Crippen molar-refractivity contribution in [1.82, 2.24) is 0 Å². The smallest absolute Gasteiger partial charge is 0.264 e. The number of hydrogen-bond acceptors (Lipinski definition) is 3. The number of rotatable bonds is 3. The molecular formula is C17H18N2O2S. The van der Waals surface area contributed by atoms with E-state index in [1.54, 1.807) is 24.3 Å². The molecule has 4 nitrogen and oxygen atoms in total. The quantitative estimate of drug-likeness (QED) is 0.945. The lowest BCUT2D eigenvalue weighted by molar-refractivity contribution is 0.592. The van der Waals surface area contributed by atoms with Crippen molar-refractivity contribution in [2.45, 2.75) is 29.7 Å². The van der Waals surface area contributed by atoms with Crippen molar-refractivity contribution in [3.8, 4) is 0 Å². The Bertz CT molecular complexity index is 818. The molecule has 0 amide bonds. The molecule has 0 unspecified atom stereocenters. The molecule has 1 heterocycles. The Hall–Kier alpha value is -1.85. The maximum Gasteiger partial charge on any atom is 0.264 e. The van der Waals surface area contributed by atoms with E-state index >= 15 is 0 Å². The summed E-state index contributed by atoms with van der Waals surface area (Å²) in [5.74, 6) is 0.449. The third-order valence-corrected chi connectivity index (χ3v) is 6.38. The summed E-state index contributed by atoms with van der Waals surface area (Å²) < 4.78 is 27.1. The first-order chi connectivity index (χ1) is 10.6. The van der Waals surface area contributed by atoms with Gasteiger partial charge in [-0.2, -0.15) is 0 Å². The average Bonchev–Trinajstić information content (AvgIpc) is 3.11. The van der Waals surface area contributed by atoms with Crippen LogP contribution < -0.4 is 10.0 Å². The molecular weight excluding hydrogens is 296 g/mol. The first-order valence-electron chi connectivity index (χ1n) is 7.53. The van der Waals surface area contributed by atoms with Crippen LogP contribution in [0.1, 0.15) is 23.5 Å². The largest absolute Gasteiger partial charge is 0.327 e. The molecule has 5 heteroatoms. The molecule has 2 aromatic carbocycles. The highest BCUT2D eigenvalue weighted by Crippen LogP contribution is 2.42. The van der Waals surface area contributed by atoms with Crippen LogP contribution in [0.4, 0.5) is 5.69 Å². The predicted molar refractivity (Wildman–Crippen MR) is 86.5 cm³/mol. The van der Waals surface area contributed by atoms with E-state index in [9.17, 15) is 8.42 Å². The SMILES string of the molecule is N[C@@H]1C[C@H]1c1ccc2c(c1)CCN2S(=O)(=O)c1ccccc1. The Labute approximate surface area is 130 Å². The van der Waals surface area contributed by atoms with Gasteiger partial charge in [-0.05, 0) is 42.2 Å². The molecule has 4 rings (SSSR count). The molecule has 0 saturated heterocycles. The Balaban J connectivity index is 1.70. The van der Waals surface area contributed by atoms with Crippen LogP contribution in [0.15, 0.2) is 53.4 Å². The lowest BCUT2D eigenvalue weighted by atomic mass is 10.1. The van der Waals surface area contributed by atoms with E-state index in [4.69, 9.17) is 5.73 Å². The van der Waals surface area contributed by atoms with Gasteiger partial charge in [0.05, 0.1) is 10.6 Å². The van der Waals surface area contributed by atoms with E-state index in [2.05, 4.69) is 6.07 Å². The van der Waals surface area contributed by atoms with Crippen LogP contribution in [-0.4, -0.2) is 21.0 Å². The zero-order valence-corrected chi connectivity index (χ0v) is 13.0. The fourth-order valence-corrected chi connectivity index (χ4v) is 4.71. The number of anilines is 1. The molecule has 2 atom stereocenters. The molecule has 0 radical (unpaired) electrons. The lowest BCUT2D eigenvalue weighted by Crippen LogP contribution is -2.29. The van der Waals surface area contributed by atoms with Crippen molar-refractivity contribution >= 4 is 15.7 Å². The van der Waals surface area contributed by atoms with Crippen LogP contribution in [0.3, 0.4) is 0 Å². The minimum absolute atomic E-state index is 0.267. The second-order valence-electron chi connectivity index (χ2n) is 6.03. The fraction of sp³-hybridized carbons (Fsp3) is 0.294. The van der Waals surface area contributed by atoms with E-state index < -0.39 is 10.0 Å². The summed E-state index contributed by atoms with van der Waals surface area (Å²) >= 11 is 0. The maximum absolute atomic E-state index is 12.8. The van der Waals surface area contributed by atoms with Crippen LogP contribution in [0.5, 0.6) is 0 Å². The Morgan fingerprint density at radius 3 is 2.50 bits per heavy atom. The number of hydrogen-bond donors (Lipinski definition) is 1. The third-order valence-electron chi connectivity index (χ3n) is 4.56. The standard InChI is InChI=1S/C17H18N2O2S/c18-16-11-15(16)12-6-7-17-13(10-12)8-9-19(17)22(20,21)14-4-2-1-3-5-14/h1-7,10,15-16H,8-9,11,18H2/t15-,16+/m0/s1. The second-order valence-corrected chi connectivity index (χ2v) is 7.90.